The molecule has 0 saturated heterocycles. The third-order valence-electron chi connectivity index (χ3n) is 2.56. The molecule has 0 aromatic heterocycles. The summed E-state index contributed by atoms with van der Waals surface area (Å²) in [5.74, 6) is 0.599. The molecule has 1 N–H and O–H groups in total. The molecule has 2 nitrogen and oxygen atoms in total. The maximum absolute atomic E-state index is 10.9. The van der Waals surface area contributed by atoms with Crippen molar-refractivity contribution >= 4 is 28.5 Å². The lowest BCUT2D eigenvalue weighted by atomic mass is 9.68. The van der Waals surface area contributed by atoms with E-state index in [1.807, 2.05) is 4.08 Å². The summed E-state index contributed by atoms with van der Waals surface area (Å²) in [5.41, 5.74) is 0.0213. The lowest BCUT2D eigenvalue weighted by Gasteiger charge is -2.46. The smallest absolute Gasteiger partial charge is 0.217 e. The van der Waals surface area contributed by atoms with Crippen molar-refractivity contribution in [3.63, 3.8) is 0 Å². The zero-order chi connectivity index (χ0) is 9.19. The first kappa shape index (κ1) is 10.0. The van der Waals surface area contributed by atoms with Gasteiger partial charge in [-0.25, -0.2) is 0 Å². The molecular weight excluding hydrogens is 265 g/mol. The lowest BCUT2D eigenvalue weighted by molar-refractivity contribution is -0.122. The first-order valence-electron chi connectivity index (χ1n) is 4.14. The zero-order valence-corrected chi connectivity index (χ0v) is 9.59. The molecular formula is C9H14INO. The van der Waals surface area contributed by atoms with Crippen LogP contribution >= 0.6 is 22.6 Å². The first-order valence-corrected chi connectivity index (χ1v) is 5.39. The van der Waals surface area contributed by atoms with Gasteiger partial charge in [-0.3, -0.25) is 4.79 Å². The molecule has 1 unspecified atom stereocenters. The van der Waals surface area contributed by atoms with E-state index in [9.17, 15) is 4.79 Å². The second-order valence-corrected chi connectivity index (χ2v) is 4.28. The second-order valence-electron chi connectivity index (χ2n) is 3.56. The molecule has 1 aliphatic carbocycles. The Bertz CT molecular complexity index is 215. The average Bonchev–Trinajstić information content (AvgIpc) is 1.97. The maximum atomic E-state index is 10.9. The summed E-state index contributed by atoms with van der Waals surface area (Å²) >= 11 is 2.22. The fourth-order valence-corrected chi connectivity index (χ4v) is 2.20. The van der Waals surface area contributed by atoms with Gasteiger partial charge in [-0.15, -0.1) is 0 Å². The summed E-state index contributed by atoms with van der Waals surface area (Å²) in [5, 5.41) is 3.00. The largest absolute Gasteiger partial charge is 0.351 e. The van der Waals surface area contributed by atoms with Crippen LogP contribution in [0.2, 0.25) is 0 Å². The molecule has 12 heavy (non-hydrogen) atoms. The van der Waals surface area contributed by atoms with E-state index >= 15 is 0 Å². The van der Waals surface area contributed by atoms with E-state index in [0.717, 1.165) is 6.42 Å². The van der Waals surface area contributed by atoms with Crippen molar-refractivity contribution in [3.05, 3.63) is 10.2 Å². The molecule has 1 saturated carbocycles. The Hall–Kier alpha value is -0.0600. The second kappa shape index (κ2) is 3.77. The molecule has 1 rings (SSSR count). The molecule has 0 bridgehead atoms. The van der Waals surface area contributed by atoms with Crippen LogP contribution in [0.3, 0.4) is 0 Å². The van der Waals surface area contributed by atoms with Gasteiger partial charge in [0.15, 0.2) is 0 Å². The van der Waals surface area contributed by atoms with Crippen LogP contribution in [0.4, 0.5) is 0 Å². The third-order valence-corrected chi connectivity index (χ3v) is 2.97. The van der Waals surface area contributed by atoms with Crippen molar-refractivity contribution in [2.45, 2.75) is 32.2 Å². The molecule has 0 radical (unpaired) electrons. The number of halogens is 1. The molecule has 1 fully saturated rings. The summed E-state index contributed by atoms with van der Waals surface area (Å²) in [6, 6.07) is 0. The molecule has 3 heteroatoms. The predicted octanol–water partition coefficient (Wildman–Crippen LogP) is 2.24. The highest BCUT2D eigenvalue weighted by molar-refractivity contribution is 14.1. The van der Waals surface area contributed by atoms with E-state index in [-0.39, 0.29) is 11.4 Å². The van der Waals surface area contributed by atoms with Crippen LogP contribution in [0.25, 0.3) is 0 Å². The number of nitrogens with one attached hydrogen (secondary N) is 1. The fraction of sp³-hybridized carbons (Fsp3) is 0.667. The van der Waals surface area contributed by atoms with Crippen molar-refractivity contribution in [2.75, 3.05) is 0 Å². The van der Waals surface area contributed by atoms with Gasteiger partial charge in [0.25, 0.3) is 0 Å². The van der Waals surface area contributed by atoms with Crippen LogP contribution in [0.15, 0.2) is 10.2 Å². The molecule has 0 aliphatic heterocycles. The quantitative estimate of drug-likeness (QED) is 0.772. The van der Waals surface area contributed by atoms with Gasteiger partial charge in [0.2, 0.25) is 5.91 Å². The van der Waals surface area contributed by atoms with E-state index in [0.29, 0.717) is 5.92 Å². The number of amides is 1. The molecule has 1 aliphatic rings. The monoisotopic (exact) mass is 279 g/mol. The summed E-state index contributed by atoms with van der Waals surface area (Å²) in [7, 11) is 0. The molecule has 0 spiro atoms. The van der Waals surface area contributed by atoms with Crippen LogP contribution in [0, 0.1) is 5.92 Å². The van der Waals surface area contributed by atoms with Crippen LogP contribution < -0.4 is 5.32 Å². The normalized spacial score (nSPS) is 34.8. The van der Waals surface area contributed by atoms with Crippen molar-refractivity contribution in [1.82, 2.24) is 5.32 Å². The number of hydrogen-bond acceptors (Lipinski definition) is 1. The van der Waals surface area contributed by atoms with Crippen molar-refractivity contribution < 1.29 is 4.79 Å². The Morgan fingerprint density at radius 1 is 1.75 bits per heavy atom. The summed E-state index contributed by atoms with van der Waals surface area (Å²) < 4.78 is 2.03. The molecule has 68 valence electrons. The maximum Gasteiger partial charge on any atom is 0.217 e. The fourth-order valence-electron chi connectivity index (χ4n) is 1.70. The van der Waals surface area contributed by atoms with Crippen LogP contribution in [0.5, 0.6) is 0 Å². The molecule has 1 amide bonds. The van der Waals surface area contributed by atoms with E-state index < -0.39 is 0 Å². The number of carbonyl (C=O) groups excluding carboxylic acids is 1. The Morgan fingerprint density at radius 2 is 2.42 bits per heavy atom. The van der Waals surface area contributed by atoms with Gasteiger partial charge >= 0.3 is 0 Å². The third kappa shape index (κ3) is 2.00. The van der Waals surface area contributed by atoms with E-state index in [2.05, 4.69) is 40.9 Å². The average molecular weight is 279 g/mol. The van der Waals surface area contributed by atoms with Crippen molar-refractivity contribution in [1.29, 1.82) is 0 Å². The number of rotatable bonds is 2. The summed E-state index contributed by atoms with van der Waals surface area (Å²) in [4.78, 5) is 10.9. The van der Waals surface area contributed by atoms with E-state index in [1.165, 1.54) is 6.42 Å². The Labute approximate surface area is 86.9 Å². The van der Waals surface area contributed by atoms with Gasteiger partial charge in [-0.05, 0) is 23.8 Å². The number of hydrogen-bond donors (Lipinski definition) is 1. The van der Waals surface area contributed by atoms with Crippen molar-refractivity contribution in [3.8, 4) is 0 Å². The molecule has 0 aromatic carbocycles. The van der Waals surface area contributed by atoms with Gasteiger partial charge < -0.3 is 5.32 Å². The Balaban J connectivity index is 2.54. The molecule has 0 heterocycles. The minimum Gasteiger partial charge on any atom is -0.351 e. The topological polar surface area (TPSA) is 29.1 Å². The lowest BCUT2D eigenvalue weighted by Crippen LogP contribution is -2.56. The van der Waals surface area contributed by atoms with Gasteiger partial charge in [0.05, 0.1) is 0 Å². The molecule has 0 aromatic rings. The molecule has 2 atom stereocenters. The Kier molecular flexibility index (Phi) is 3.15. The first-order chi connectivity index (χ1) is 5.58. The van der Waals surface area contributed by atoms with Crippen LogP contribution in [-0.4, -0.2) is 11.4 Å². The summed E-state index contributed by atoms with van der Waals surface area (Å²) in [6.45, 7) is 3.69. The number of carbonyl (C=O) groups is 1. The predicted molar refractivity (Wildman–Crippen MR) is 58.1 cm³/mol. The van der Waals surface area contributed by atoms with Crippen LogP contribution in [-0.2, 0) is 4.79 Å². The highest BCUT2D eigenvalue weighted by Crippen LogP contribution is 2.39. The zero-order valence-electron chi connectivity index (χ0n) is 7.43. The van der Waals surface area contributed by atoms with Gasteiger partial charge in [-0.1, -0.05) is 28.7 Å². The van der Waals surface area contributed by atoms with Crippen molar-refractivity contribution in [2.24, 2.45) is 5.92 Å². The minimum atomic E-state index is 0.0213. The van der Waals surface area contributed by atoms with Gasteiger partial charge in [-0.2, -0.15) is 0 Å². The highest BCUT2D eigenvalue weighted by Gasteiger charge is 2.41. The summed E-state index contributed by atoms with van der Waals surface area (Å²) in [6.07, 6.45) is 4.45. The van der Waals surface area contributed by atoms with Crippen LogP contribution in [0.1, 0.15) is 26.7 Å². The van der Waals surface area contributed by atoms with E-state index in [4.69, 9.17) is 0 Å². The minimum absolute atomic E-state index is 0.0213. The SMILES string of the molecule is CC(=O)N[C@@]1(C)CCC1/C=C\I. The highest BCUT2D eigenvalue weighted by atomic mass is 127. The van der Waals surface area contributed by atoms with Gasteiger partial charge in [0.1, 0.15) is 0 Å². The van der Waals surface area contributed by atoms with E-state index in [1.54, 1.807) is 6.92 Å². The van der Waals surface area contributed by atoms with Gasteiger partial charge in [0, 0.05) is 18.4 Å². The Morgan fingerprint density at radius 3 is 2.75 bits per heavy atom. The standard InChI is InChI=1S/C9H14INO/c1-7(12)11-9(2)5-3-8(9)4-6-10/h4,6,8H,3,5H2,1-2H3,(H,11,12)/b6-4-/t8?,9-/m0/s1.